The Morgan fingerprint density at radius 1 is 0.423 bits per heavy atom. The summed E-state index contributed by atoms with van der Waals surface area (Å²) in [5, 5.41) is 9.61. The van der Waals surface area contributed by atoms with E-state index in [-0.39, 0.29) is 4.65 Å². The molecule has 0 spiro atoms. The summed E-state index contributed by atoms with van der Waals surface area (Å²) in [6, 6.07) is 0. The molecule has 0 aliphatic heterocycles. The zero-order valence-electron chi connectivity index (χ0n) is 18.7. The zero-order valence-corrected chi connectivity index (χ0v) is 18.7. The van der Waals surface area contributed by atoms with Crippen molar-refractivity contribution < 1.29 is 9.85 Å². The van der Waals surface area contributed by atoms with Crippen LogP contribution in [0.25, 0.3) is 0 Å². The molecular formula is C24H52NO+. The Hall–Kier alpha value is -0.0800. The number of hydroxylamine groups is 3. The van der Waals surface area contributed by atoms with E-state index in [2.05, 4.69) is 6.92 Å². The zero-order chi connectivity index (χ0) is 19.3. The van der Waals surface area contributed by atoms with Gasteiger partial charge >= 0.3 is 0 Å². The highest BCUT2D eigenvalue weighted by molar-refractivity contribution is 4.50. The van der Waals surface area contributed by atoms with E-state index in [1.807, 2.05) is 14.1 Å². The van der Waals surface area contributed by atoms with E-state index in [4.69, 9.17) is 0 Å². The van der Waals surface area contributed by atoms with Gasteiger partial charge in [0.1, 0.15) is 6.54 Å². The van der Waals surface area contributed by atoms with Crippen molar-refractivity contribution in [2.24, 2.45) is 0 Å². The molecule has 2 heteroatoms. The van der Waals surface area contributed by atoms with Gasteiger partial charge < -0.3 is 0 Å². The molecule has 0 amide bonds. The molecule has 0 unspecified atom stereocenters. The van der Waals surface area contributed by atoms with Gasteiger partial charge in [0.15, 0.2) is 0 Å². The molecule has 2 nitrogen and oxygen atoms in total. The minimum atomic E-state index is 0.124. The second-order valence-corrected chi connectivity index (χ2v) is 9.06. The fourth-order valence-corrected chi connectivity index (χ4v) is 3.75. The van der Waals surface area contributed by atoms with E-state index in [1.165, 1.54) is 122 Å². The van der Waals surface area contributed by atoms with Crippen LogP contribution >= 0.6 is 0 Å². The molecule has 0 bridgehead atoms. The first-order chi connectivity index (χ1) is 12.6. The summed E-state index contributed by atoms with van der Waals surface area (Å²) < 4.78 is 0.124. The molecule has 0 saturated heterocycles. The lowest BCUT2D eigenvalue weighted by Gasteiger charge is -2.18. The van der Waals surface area contributed by atoms with E-state index in [1.54, 1.807) is 0 Å². The molecule has 0 radical (unpaired) electrons. The molecule has 0 fully saturated rings. The number of hydrogen-bond acceptors (Lipinski definition) is 1. The van der Waals surface area contributed by atoms with Crippen LogP contribution in [0.15, 0.2) is 0 Å². The maximum Gasteiger partial charge on any atom is 0.108 e. The Bertz CT molecular complexity index is 259. The largest absolute Gasteiger partial charge is 0.217 e. The molecule has 0 aliphatic carbocycles. The van der Waals surface area contributed by atoms with Crippen molar-refractivity contribution >= 4 is 0 Å². The van der Waals surface area contributed by atoms with Gasteiger partial charge in [0.2, 0.25) is 0 Å². The summed E-state index contributed by atoms with van der Waals surface area (Å²) in [5.41, 5.74) is 0. The Balaban J connectivity index is 3.01. The molecule has 26 heavy (non-hydrogen) atoms. The Morgan fingerprint density at radius 3 is 0.885 bits per heavy atom. The van der Waals surface area contributed by atoms with Gasteiger partial charge in [-0.25, -0.2) is 5.21 Å². The lowest BCUT2D eigenvalue weighted by atomic mass is 10.0. The highest BCUT2D eigenvalue weighted by Crippen LogP contribution is 2.14. The third kappa shape index (κ3) is 23.9. The molecule has 0 saturated carbocycles. The van der Waals surface area contributed by atoms with Crippen molar-refractivity contribution in [2.45, 2.75) is 135 Å². The molecule has 0 aliphatic rings. The van der Waals surface area contributed by atoms with Crippen molar-refractivity contribution in [1.29, 1.82) is 0 Å². The molecule has 0 aromatic heterocycles. The minimum Gasteiger partial charge on any atom is -0.217 e. The van der Waals surface area contributed by atoms with E-state index >= 15 is 0 Å². The fraction of sp³-hybridized carbons (Fsp3) is 1.00. The first kappa shape index (κ1) is 25.9. The quantitative estimate of drug-likeness (QED) is 0.122. The lowest BCUT2D eigenvalue weighted by molar-refractivity contribution is -1.07. The van der Waals surface area contributed by atoms with Crippen LogP contribution in [0.5, 0.6) is 0 Å². The van der Waals surface area contributed by atoms with Gasteiger partial charge in [-0.3, -0.25) is 0 Å². The molecule has 0 aromatic carbocycles. The highest BCUT2D eigenvalue weighted by atomic mass is 16.5. The smallest absolute Gasteiger partial charge is 0.108 e. The summed E-state index contributed by atoms with van der Waals surface area (Å²) in [5.74, 6) is 0. The van der Waals surface area contributed by atoms with Crippen LogP contribution in [0.3, 0.4) is 0 Å². The van der Waals surface area contributed by atoms with E-state index in [0.29, 0.717) is 0 Å². The first-order valence-corrected chi connectivity index (χ1v) is 12.1. The predicted octanol–water partition coefficient (Wildman–Crippen LogP) is 8.27. The normalized spacial score (nSPS) is 12.0. The highest BCUT2D eigenvalue weighted by Gasteiger charge is 2.08. The van der Waals surface area contributed by atoms with Crippen molar-refractivity contribution in [3.63, 3.8) is 0 Å². The van der Waals surface area contributed by atoms with Crippen LogP contribution < -0.4 is 0 Å². The Labute approximate surface area is 166 Å². The third-order valence-corrected chi connectivity index (χ3v) is 5.56. The average molecular weight is 371 g/mol. The number of unbranched alkanes of at least 4 members (excludes halogenated alkanes) is 19. The van der Waals surface area contributed by atoms with Crippen LogP contribution in [0.2, 0.25) is 0 Å². The van der Waals surface area contributed by atoms with Gasteiger partial charge in [-0.2, -0.15) is 4.65 Å². The van der Waals surface area contributed by atoms with Gasteiger partial charge in [-0.15, -0.1) is 0 Å². The van der Waals surface area contributed by atoms with Crippen LogP contribution in [0, 0.1) is 0 Å². The van der Waals surface area contributed by atoms with Crippen molar-refractivity contribution in [2.75, 3.05) is 20.6 Å². The Morgan fingerprint density at radius 2 is 0.654 bits per heavy atom. The maximum atomic E-state index is 9.61. The molecule has 0 heterocycles. The van der Waals surface area contributed by atoms with Crippen LogP contribution in [0.4, 0.5) is 0 Å². The lowest BCUT2D eigenvalue weighted by Crippen LogP contribution is -2.36. The van der Waals surface area contributed by atoms with E-state index in [0.717, 1.165) is 13.0 Å². The van der Waals surface area contributed by atoms with Crippen molar-refractivity contribution in [3.05, 3.63) is 0 Å². The molecule has 0 aromatic rings. The third-order valence-electron chi connectivity index (χ3n) is 5.56. The van der Waals surface area contributed by atoms with Crippen molar-refractivity contribution in [3.8, 4) is 0 Å². The summed E-state index contributed by atoms with van der Waals surface area (Å²) in [6.45, 7) is 3.18. The van der Waals surface area contributed by atoms with Gasteiger partial charge in [-0.05, 0) is 12.8 Å². The predicted molar refractivity (Wildman–Crippen MR) is 117 cm³/mol. The van der Waals surface area contributed by atoms with Gasteiger partial charge in [0.25, 0.3) is 0 Å². The summed E-state index contributed by atoms with van der Waals surface area (Å²) in [4.78, 5) is 0. The Kier molecular flexibility index (Phi) is 19.6. The summed E-state index contributed by atoms with van der Waals surface area (Å²) in [6.07, 6.45) is 28.4. The molecular weight excluding hydrogens is 318 g/mol. The van der Waals surface area contributed by atoms with Crippen LogP contribution in [-0.2, 0) is 0 Å². The molecule has 0 rings (SSSR count). The topological polar surface area (TPSA) is 20.2 Å². The summed E-state index contributed by atoms with van der Waals surface area (Å²) in [7, 11) is 3.71. The average Bonchev–Trinajstić information content (AvgIpc) is 2.59. The van der Waals surface area contributed by atoms with Crippen LogP contribution in [0.1, 0.15) is 135 Å². The van der Waals surface area contributed by atoms with Gasteiger partial charge in [0.05, 0.1) is 14.1 Å². The monoisotopic (exact) mass is 370 g/mol. The fourth-order valence-electron chi connectivity index (χ4n) is 3.75. The van der Waals surface area contributed by atoms with E-state index in [9.17, 15) is 5.21 Å². The molecule has 158 valence electrons. The summed E-state index contributed by atoms with van der Waals surface area (Å²) >= 11 is 0. The minimum absolute atomic E-state index is 0.124. The second-order valence-electron chi connectivity index (χ2n) is 9.06. The number of rotatable bonds is 21. The number of nitrogens with zero attached hydrogens (tertiary/aromatic N) is 1. The van der Waals surface area contributed by atoms with Crippen molar-refractivity contribution in [1.82, 2.24) is 0 Å². The number of quaternary nitrogens is 1. The van der Waals surface area contributed by atoms with Gasteiger partial charge in [0, 0.05) is 0 Å². The second kappa shape index (κ2) is 19.7. The number of hydrogen-bond donors (Lipinski definition) is 1. The maximum absolute atomic E-state index is 9.61. The van der Waals surface area contributed by atoms with E-state index < -0.39 is 0 Å². The first-order valence-electron chi connectivity index (χ1n) is 12.1. The molecule has 0 atom stereocenters. The van der Waals surface area contributed by atoms with Gasteiger partial charge in [-0.1, -0.05) is 122 Å². The van der Waals surface area contributed by atoms with Crippen LogP contribution in [-0.4, -0.2) is 30.5 Å². The molecule has 1 N–H and O–H groups in total. The SMILES string of the molecule is CCCCCCCCCCCCCCCCCCCCCC[N+](C)(C)O. The standard InChI is InChI=1S/C24H52NO/c1-4-5-6-7-8-9-10-11-12-13-14-15-16-17-18-19-20-21-22-23-24-25(2,3)26/h26H,4-24H2,1-3H3/q+1.